The maximum Gasteiger partial charge on any atom is 0.326 e. The van der Waals surface area contributed by atoms with E-state index in [2.05, 4.69) is 10.6 Å². The number of carboxylic acids is 2. The van der Waals surface area contributed by atoms with Crippen LogP contribution in [0.3, 0.4) is 0 Å². The van der Waals surface area contributed by atoms with Crippen molar-refractivity contribution in [1.82, 2.24) is 15.5 Å². The van der Waals surface area contributed by atoms with Gasteiger partial charge in [0.15, 0.2) is 0 Å². The first-order chi connectivity index (χ1) is 17.1. The lowest BCUT2D eigenvalue weighted by atomic mass is 10.0. The number of carbonyl (C=O) groups excluding carboxylic acids is 3. The quantitative estimate of drug-likeness (QED) is 0.175. The van der Waals surface area contributed by atoms with Crippen LogP contribution in [0.2, 0.25) is 0 Å². The predicted octanol–water partition coefficient (Wildman–Crippen LogP) is -0.795. The Morgan fingerprint density at radius 2 is 1.72 bits per heavy atom. The van der Waals surface area contributed by atoms with Gasteiger partial charge in [-0.15, -0.1) is 0 Å². The first-order valence-electron chi connectivity index (χ1n) is 12.0. The standard InChI is InChI=1S/C24H35N5O7/c25-11-5-4-9-17(21(32)28-18(24(35)36)13-15-7-2-1-3-8-15)27-22(33)19-10-6-12-29(19)23(34)16(26)14-20(30)31/h1-3,7-8,16-19H,4-6,9-14,25-26H2,(H,27,33)(H,28,32)(H,30,31)(H,35,36). The molecule has 0 saturated carbocycles. The number of hydrogen-bond donors (Lipinski definition) is 6. The number of nitrogens with two attached hydrogens (primary N) is 2. The van der Waals surface area contributed by atoms with Crippen molar-refractivity contribution in [2.75, 3.05) is 13.1 Å². The monoisotopic (exact) mass is 505 g/mol. The molecule has 0 radical (unpaired) electrons. The van der Waals surface area contributed by atoms with E-state index in [0.717, 1.165) is 5.56 Å². The molecule has 1 aromatic rings. The molecule has 36 heavy (non-hydrogen) atoms. The minimum Gasteiger partial charge on any atom is -0.481 e. The summed E-state index contributed by atoms with van der Waals surface area (Å²) >= 11 is 0. The first-order valence-corrected chi connectivity index (χ1v) is 12.0. The van der Waals surface area contributed by atoms with Gasteiger partial charge < -0.3 is 37.2 Å². The third kappa shape index (κ3) is 8.61. The fourth-order valence-corrected chi connectivity index (χ4v) is 4.14. The maximum absolute atomic E-state index is 13.1. The number of likely N-dealkylation sites (tertiary alicyclic amines) is 1. The van der Waals surface area contributed by atoms with E-state index in [1.54, 1.807) is 30.3 Å². The zero-order valence-electron chi connectivity index (χ0n) is 20.1. The molecule has 1 fully saturated rings. The number of nitrogens with zero attached hydrogens (tertiary/aromatic N) is 1. The number of carbonyl (C=O) groups is 5. The molecule has 1 aliphatic heterocycles. The summed E-state index contributed by atoms with van der Waals surface area (Å²) in [5.41, 5.74) is 12.0. The molecular weight excluding hydrogens is 470 g/mol. The molecule has 8 N–H and O–H groups in total. The van der Waals surface area contributed by atoms with Crippen molar-refractivity contribution in [2.45, 2.75) is 69.1 Å². The second-order valence-electron chi connectivity index (χ2n) is 8.83. The van der Waals surface area contributed by atoms with E-state index in [-0.39, 0.29) is 19.4 Å². The number of aliphatic carboxylic acids is 2. The number of hydrogen-bond acceptors (Lipinski definition) is 7. The van der Waals surface area contributed by atoms with Gasteiger partial charge in [-0.2, -0.15) is 0 Å². The second-order valence-corrected chi connectivity index (χ2v) is 8.83. The summed E-state index contributed by atoms with van der Waals surface area (Å²) < 4.78 is 0. The van der Waals surface area contributed by atoms with Crippen molar-refractivity contribution in [3.63, 3.8) is 0 Å². The summed E-state index contributed by atoms with van der Waals surface area (Å²) in [6.45, 7) is 0.632. The van der Waals surface area contributed by atoms with Crippen LogP contribution in [0.5, 0.6) is 0 Å². The minimum absolute atomic E-state index is 0.0672. The molecule has 1 heterocycles. The molecule has 1 aliphatic rings. The Balaban J connectivity index is 2.10. The second kappa shape index (κ2) is 14.1. The van der Waals surface area contributed by atoms with E-state index in [4.69, 9.17) is 16.6 Å². The van der Waals surface area contributed by atoms with E-state index < -0.39 is 60.2 Å². The molecule has 2 rings (SSSR count). The lowest BCUT2D eigenvalue weighted by Gasteiger charge is -2.28. The van der Waals surface area contributed by atoms with E-state index in [1.807, 2.05) is 0 Å². The molecular formula is C24H35N5O7. The van der Waals surface area contributed by atoms with Crippen LogP contribution in [0.15, 0.2) is 30.3 Å². The van der Waals surface area contributed by atoms with Crippen LogP contribution < -0.4 is 22.1 Å². The fourth-order valence-electron chi connectivity index (χ4n) is 4.14. The van der Waals surface area contributed by atoms with Crippen LogP contribution in [-0.4, -0.2) is 82.0 Å². The molecule has 1 aromatic carbocycles. The highest BCUT2D eigenvalue weighted by Crippen LogP contribution is 2.19. The van der Waals surface area contributed by atoms with Gasteiger partial charge in [0.25, 0.3) is 0 Å². The molecule has 1 saturated heterocycles. The molecule has 12 nitrogen and oxygen atoms in total. The van der Waals surface area contributed by atoms with Crippen LogP contribution >= 0.6 is 0 Å². The summed E-state index contributed by atoms with van der Waals surface area (Å²) in [5.74, 6) is -4.31. The predicted molar refractivity (Wildman–Crippen MR) is 130 cm³/mol. The summed E-state index contributed by atoms with van der Waals surface area (Å²) in [7, 11) is 0. The largest absolute Gasteiger partial charge is 0.481 e. The molecule has 0 aromatic heterocycles. The van der Waals surface area contributed by atoms with Gasteiger partial charge in [0, 0.05) is 13.0 Å². The van der Waals surface area contributed by atoms with Crippen LogP contribution in [0.25, 0.3) is 0 Å². The number of unbranched alkanes of at least 4 members (excludes halogenated alkanes) is 1. The van der Waals surface area contributed by atoms with Gasteiger partial charge >= 0.3 is 11.9 Å². The zero-order chi connectivity index (χ0) is 26.7. The zero-order valence-corrected chi connectivity index (χ0v) is 20.1. The summed E-state index contributed by atoms with van der Waals surface area (Å²) in [6, 6.07) is 4.42. The van der Waals surface area contributed by atoms with Crippen molar-refractivity contribution in [3.8, 4) is 0 Å². The Labute approximate surface area is 209 Å². The minimum atomic E-state index is -1.28. The highest BCUT2D eigenvalue weighted by atomic mass is 16.4. The smallest absolute Gasteiger partial charge is 0.326 e. The lowest BCUT2D eigenvalue weighted by molar-refractivity contribution is -0.144. The van der Waals surface area contributed by atoms with Crippen LogP contribution in [0, 0.1) is 0 Å². The van der Waals surface area contributed by atoms with Crippen molar-refractivity contribution in [3.05, 3.63) is 35.9 Å². The normalized spacial score (nSPS) is 17.6. The van der Waals surface area contributed by atoms with Crippen LogP contribution in [0.1, 0.15) is 44.1 Å². The highest BCUT2D eigenvalue weighted by Gasteiger charge is 2.38. The molecule has 0 bridgehead atoms. The first kappa shape index (κ1) is 28.7. The van der Waals surface area contributed by atoms with Gasteiger partial charge in [-0.05, 0) is 44.2 Å². The fraction of sp³-hybridized carbons (Fsp3) is 0.542. The van der Waals surface area contributed by atoms with Crippen LogP contribution in [0.4, 0.5) is 0 Å². The summed E-state index contributed by atoms with van der Waals surface area (Å²) in [4.78, 5) is 62.7. The van der Waals surface area contributed by atoms with Gasteiger partial charge in [-0.1, -0.05) is 30.3 Å². The van der Waals surface area contributed by atoms with E-state index in [0.29, 0.717) is 32.2 Å². The average molecular weight is 506 g/mol. The Morgan fingerprint density at radius 1 is 1.03 bits per heavy atom. The third-order valence-electron chi connectivity index (χ3n) is 6.03. The van der Waals surface area contributed by atoms with Gasteiger partial charge in [0.2, 0.25) is 17.7 Å². The SMILES string of the molecule is NCCCCC(NC(=O)C1CCCN1C(=O)C(N)CC(=O)O)C(=O)NC(Cc1ccccc1)C(=O)O. The van der Waals surface area contributed by atoms with Crippen LogP contribution in [-0.2, 0) is 30.4 Å². The third-order valence-corrected chi connectivity index (χ3v) is 6.03. The van der Waals surface area contributed by atoms with E-state index >= 15 is 0 Å². The van der Waals surface area contributed by atoms with Crippen molar-refractivity contribution >= 4 is 29.7 Å². The Kier molecular flexibility index (Phi) is 11.3. The topological polar surface area (TPSA) is 205 Å². The van der Waals surface area contributed by atoms with Crippen molar-refractivity contribution in [1.29, 1.82) is 0 Å². The Bertz CT molecular complexity index is 927. The average Bonchev–Trinajstić information content (AvgIpc) is 3.32. The molecule has 12 heteroatoms. The molecule has 198 valence electrons. The van der Waals surface area contributed by atoms with Gasteiger partial charge in [-0.3, -0.25) is 19.2 Å². The Morgan fingerprint density at radius 3 is 2.33 bits per heavy atom. The number of amides is 3. The number of carboxylic acid groups (broad SMARTS) is 2. The van der Waals surface area contributed by atoms with Crippen molar-refractivity contribution < 1.29 is 34.2 Å². The summed E-state index contributed by atoms with van der Waals surface area (Å²) in [6.07, 6.45) is 1.70. The number of benzene rings is 1. The molecule has 4 unspecified atom stereocenters. The van der Waals surface area contributed by atoms with Gasteiger partial charge in [0.1, 0.15) is 18.1 Å². The molecule has 0 spiro atoms. The lowest BCUT2D eigenvalue weighted by Crippen LogP contribution is -2.57. The highest BCUT2D eigenvalue weighted by molar-refractivity contribution is 5.95. The molecule has 0 aliphatic carbocycles. The van der Waals surface area contributed by atoms with Gasteiger partial charge in [-0.25, -0.2) is 4.79 Å². The number of nitrogens with one attached hydrogen (secondary N) is 2. The molecule has 4 atom stereocenters. The Hall–Kier alpha value is -3.51. The van der Waals surface area contributed by atoms with E-state index in [9.17, 15) is 29.1 Å². The van der Waals surface area contributed by atoms with Gasteiger partial charge in [0.05, 0.1) is 12.5 Å². The van der Waals surface area contributed by atoms with Crippen molar-refractivity contribution in [2.24, 2.45) is 11.5 Å². The van der Waals surface area contributed by atoms with E-state index in [1.165, 1.54) is 4.90 Å². The number of rotatable bonds is 14. The molecule has 3 amide bonds. The maximum atomic E-state index is 13.1. The summed E-state index contributed by atoms with van der Waals surface area (Å²) in [5, 5.41) is 23.7.